The Bertz CT molecular complexity index is 694. The number of benzene rings is 2. The van der Waals surface area contributed by atoms with E-state index in [4.69, 9.17) is 21.2 Å². The summed E-state index contributed by atoms with van der Waals surface area (Å²) in [5, 5.41) is 9.82. The van der Waals surface area contributed by atoms with E-state index >= 15 is 0 Å². The van der Waals surface area contributed by atoms with Crippen molar-refractivity contribution in [3.8, 4) is 5.75 Å². The van der Waals surface area contributed by atoms with E-state index in [1.807, 2.05) is 42.7 Å². The molecule has 0 aliphatic carbocycles. The number of hydrogen-bond acceptors (Lipinski definition) is 3. The lowest BCUT2D eigenvalue weighted by atomic mass is 9.97. The monoisotopic (exact) mass is 303 g/mol. The van der Waals surface area contributed by atoms with Gasteiger partial charge in [0.2, 0.25) is 0 Å². The Morgan fingerprint density at radius 2 is 2.05 bits per heavy atom. The molecule has 2 aromatic rings. The fourth-order valence-electron chi connectivity index (χ4n) is 2.07. The summed E-state index contributed by atoms with van der Waals surface area (Å²) in [6.07, 6.45) is 5.20. The van der Waals surface area contributed by atoms with Crippen molar-refractivity contribution in [3.63, 3.8) is 0 Å². The molecule has 2 rings (SSSR count). The molecule has 0 saturated heterocycles. The van der Waals surface area contributed by atoms with Gasteiger partial charge < -0.3 is 4.18 Å². The van der Waals surface area contributed by atoms with Crippen LogP contribution in [0.25, 0.3) is 16.3 Å². The van der Waals surface area contributed by atoms with Crippen LogP contribution in [0.15, 0.2) is 55.1 Å². The van der Waals surface area contributed by atoms with Crippen molar-refractivity contribution >= 4 is 45.2 Å². The molecular formula is C16H14ClNOS. The molecule has 0 fully saturated rings. The zero-order valence-electron chi connectivity index (χ0n) is 11.0. The number of nitrogens with one attached hydrogen (secondary N) is 1. The normalized spacial score (nSPS) is 11.4. The average Bonchev–Trinajstić information content (AvgIpc) is 2.45. The highest BCUT2D eigenvalue weighted by Crippen LogP contribution is 2.36. The molecule has 0 aromatic heterocycles. The van der Waals surface area contributed by atoms with Crippen LogP contribution in [0.5, 0.6) is 5.75 Å². The molecular weight excluding hydrogens is 290 g/mol. The van der Waals surface area contributed by atoms with Gasteiger partial charge in [0, 0.05) is 17.4 Å². The minimum atomic E-state index is -0.0350. The van der Waals surface area contributed by atoms with Crippen molar-refractivity contribution in [1.82, 2.24) is 0 Å². The molecule has 0 aliphatic rings. The van der Waals surface area contributed by atoms with Crippen LogP contribution in [-0.4, -0.2) is 11.4 Å². The maximum Gasteiger partial charge on any atom is 0.145 e. The van der Waals surface area contributed by atoms with E-state index in [1.165, 1.54) is 12.0 Å². The zero-order chi connectivity index (χ0) is 14.5. The Hall–Kier alpha value is -1.71. The molecule has 4 heteroatoms. The van der Waals surface area contributed by atoms with Crippen LogP contribution in [-0.2, 0) is 0 Å². The molecule has 102 valence electrons. The van der Waals surface area contributed by atoms with Crippen molar-refractivity contribution in [1.29, 1.82) is 5.41 Å². The molecule has 0 atom stereocenters. The molecule has 1 N–H and O–H groups in total. The first kappa shape index (κ1) is 14.7. The van der Waals surface area contributed by atoms with Crippen molar-refractivity contribution in [2.24, 2.45) is 0 Å². The van der Waals surface area contributed by atoms with E-state index in [0.717, 1.165) is 16.3 Å². The first-order valence-electron chi connectivity index (χ1n) is 5.99. The number of allylic oxidation sites excluding steroid dienone is 3. The van der Waals surface area contributed by atoms with Crippen LogP contribution in [0.4, 0.5) is 0 Å². The predicted molar refractivity (Wildman–Crippen MR) is 89.8 cm³/mol. The molecule has 0 saturated carbocycles. The number of fused-ring (bicyclic) bond motifs is 1. The van der Waals surface area contributed by atoms with Crippen molar-refractivity contribution < 1.29 is 4.18 Å². The SMILES string of the molecule is C=C/C=C(\C(=N)Cl)c1c(OSC)ccc2ccccc12. The van der Waals surface area contributed by atoms with Gasteiger partial charge in [-0.25, -0.2) is 0 Å². The Kier molecular flexibility index (Phi) is 4.88. The van der Waals surface area contributed by atoms with Gasteiger partial charge in [-0.05, 0) is 16.8 Å². The molecule has 2 nitrogen and oxygen atoms in total. The fourth-order valence-corrected chi connectivity index (χ4v) is 2.55. The van der Waals surface area contributed by atoms with E-state index in [9.17, 15) is 0 Å². The van der Waals surface area contributed by atoms with E-state index in [1.54, 1.807) is 12.2 Å². The Morgan fingerprint density at radius 3 is 2.70 bits per heavy atom. The number of halogens is 1. The number of hydrogen-bond donors (Lipinski definition) is 1. The third-order valence-corrected chi connectivity index (χ3v) is 3.40. The van der Waals surface area contributed by atoms with Gasteiger partial charge in [0.1, 0.15) is 10.9 Å². The second-order valence-corrected chi connectivity index (χ2v) is 4.92. The Morgan fingerprint density at radius 1 is 1.30 bits per heavy atom. The predicted octanol–water partition coefficient (Wildman–Crippen LogP) is 5.28. The van der Waals surface area contributed by atoms with Crippen LogP contribution < -0.4 is 4.18 Å². The summed E-state index contributed by atoms with van der Waals surface area (Å²) in [6, 6.07) is 11.8. The first-order chi connectivity index (χ1) is 9.69. The summed E-state index contributed by atoms with van der Waals surface area (Å²) >= 11 is 7.19. The highest BCUT2D eigenvalue weighted by molar-refractivity contribution is 7.94. The summed E-state index contributed by atoms with van der Waals surface area (Å²) in [7, 11) is 0. The summed E-state index contributed by atoms with van der Waals surface area (Å²) in [5.74, 6) is 0.690. The minimum absolute atomic E-state index is 0.0350. The molecule has 0 spiro atoms. The molecule has 0 amide bonds. The standard InChI is InChI=1S/C16H14ClNOS/c1-3-6-13(16(17)18)15-12-8-5-4-7-11(12)9-10-14(15)19-20-2/h3-10,18H,1H2,2H3/b13-6-,18-16?. The third kappa shape index (κ3) is 2.89. The largest absolute Gasteiger partial charge is 0.425 e. The highest BCUT2D eigenvalue weighted by atomic mass is 35.5. The first-order valence-corrected chi connectivity index (χ1v) is 7.51. The van der Waals surface area contributed by atoms with Gasteiger partial charge in [-0.1, -0.05) is 60.7 Å². The van der Waals surface area contributed by atoms with E-state index in [0.29, 0.717) is 11.3 Å². The van der Waals surface area contributed by atoms with Gasteiger partial charge in [-0.3, -0.25) is 5.41 Å². The third-order valence-electron chi connectivity index (χ3n) is 2.85. The maximum atomic E-state index is 7.78. The number of rotatable bonds is 5. The van der Waals surface area contributed by atoms with E-state index in [-0.39, 0.29) is 5.17 Å². The van der Waals surface area contributed by atoms with Crippen molar-refractivity contribution in [3.05, 3.63) is 60.7 Å². The smallest absolute Gasteiger partial charge is 0.145 e. The van der Waals surface area contributed by atoms with E-state index in [2.05, 4.69) is 6.58 Å². The maximum absolute atomic E-state index is 7.78. The highest BCUT2D eigenvalue weighted by Gasteiger charge is 2.15. The minimum Gasteiger partial charge on any atom is -0.425 e. The fraction of sp³-hybridized carbons (Fsp3) is 0.0625. The van der Waals surface area contributed by atoms with Crippen molar-refractivity contribution in [2.45, 2.75) is 0 Å². The van der Waals surface area contributed by atoms with Crippen LogP contribution in [0, 0.1) is 5.41 Å². The molecule has 2 aromatic carbocycles. The Labute approximate surface area is 127 Å². The van der Waals surface area contributed by atoms with Gasteiger partial charge in [0.25, 0.3) is 0 Å². The van der Waals surface area contributed by atoms with E-state index < -0.39 is 0 Å². The van der Waals surface area contributed by atoms with Crippen molar-refractivity contribution in [2.75, 3.05) is 6.26 Å². The van der Waals surface area contributed by atoms with Gasteiger partial charge in [0.15, 0.2) is 0 Å². The Balaban J connectivity index is 2.81. The van der Waals surface area contributed by atoms with Gasteiger partial charge in [0.05, 0.1) is 12.0 Å². The van der Waals surface area contributed by atoms with Crippen LogP contribution in [0.1, 0.15) is 5.56 Å². The summed E-state index contributed by atoms with van der Waals surface area (Å²) in [4.78, 5) is 0. The quantitative estimate of drug-likeness (QED) is 0.463. The second-order valence-electron chi connectivity index (χ2n) is 4.04. The summed E-state index contributed by atoms with van der Waals surface area (Å²) in [5.41, 5.74) is 1.42. The molecule has 0 aliphatic heterocycles. The molecule has 0 heterocycles. The molecule has 0 bridgehead atoms. The summed E-state index contributed by atoms with van der Waals surface area (Å²) in [6.45, 7) is 3.69. The topological polar surface area (TPSA) is 33.1 Å². The molecule has 0 unspecified atom stereocenters. The lowest BCUT2D eigenvalue weighted by molar-refractivity contribution is 0.649. The van der Waals surface area contributed by atoms with Crippen LogP contribution in [0.2, 0.25) is 0 Å². The van der Waals surface area contributed by atoms with Gasteiger partial charge >= 0.3 is 0 Å². The lowest BCUT2D eigenvalue weighted by Crippen LogP contribution is -1.97. The zero-order valence-corrected chi connectivity index (χ0v) is 12.6. The molecule has 0 radical (unpaired) electrons. The van der Waals surface area contributed by atoms with Gasteiger partial charge in [-0.15, -0.1) is 0 Å². The van der Waals surface area contributed by atoms with Crippen LogP contribution in [0.3, 0.4) is 0 Å². The molecule has 20 heavy (non-hydrogen) atoms. The van der Waals surface area contributed by atoms with Gasteiger partial charge in [-0.2, -0.15) is 0 Å². The lowest BCUT2D eigenvalue weighted by Gasteiger charge is -2.14. The second kappa shape index (κ2) is 6.64. The van der Waals surface area contributed by atoms with Crippen LogP contribution >= 0.6 is 23.6 Å². The summed E-state index contributed by atoms with van der Waals surface area (Å²) < 4.78 is 5.61. The average molecular weight is 304 g/mol.